The van der Waals surface area contributed by atoms with Crippen LogP contribution < -0.4 is 14.4 Å². The average molecular weight is 379 g/mol. The molecule has 1 aliphatic rings. The molecule has 1 aliphatic heterocycles. The summed E-state index contributed by atoms with van der Waals surface area (Å²) in [4.78, 5) is 25.6. The van der Waals surface area contributed by atoms with E-state index in [-0.39, 0.29) is 11.3 Å². The quantitative estimate of drug-likeness (QED) is 0.824. The molecule has 1 heterocycles. The summed E-state index contributed by atoms with van der Waals surface area (Å²) in [6.45, 7) is 0. The highest BCUT2D eigenvalue weighted by molar-refractivity contribution is 6.44. The molecule has 0 aromatic heterocycles. The van der Waals surface area contributed by atoms with Crippen LogP contribution in [0.25, 0.3) is 5.57 Å². The number of methoxy groups -OCH3 is 1. The number of benzene rings is 2. The smallest absolute Gasteiger partial charge is 0.502 e. The van der Waals surface area contributed by atoms with E-state index in [0.29, 0.717) is 16.2 Å². The first-order valence-corrected chi connectivity index (χ1v) is 7.53. The van der Waals surface area contributed by atoms with E-state index >= 15 is 0 Å². The lowest BCUT2D eigenvalue weighted by Gasteiger charge is -2.15. The summed E-state index contributed by atoms with van der Waals surface area (Å²) < 4.78 is 45.4. The van der Waals surface area contributed by atoms with Crippen LogP contribution in [0.15, 0.2) is 54.3 Å². The lowest BCUT2D eigenvalue weighted by molar-refractivity contribution is -0.274. The van der Waals surface area contributed by atoms with Crippen molar-refractivity contribution in [3.63, 3.8) is 0 Å². The number of imide groups is 1. The number of ether oxygens (including phenoxy) is 2. The van der Waals surface area contributed by atoms with Gasteiger partial charge in [-0.05, 0) is 42.0 Å². The highest BCUT2D eigenvalue weighted by Crippen LogP contribution is 2.33. The number of aliphatic hydroxyl groups excluding tert-OH is 1. The molecule has 0 bridgehead atoms. The van der Waals surface area contributed by atoms with Gasteiger partial charge in [-0.15, -0.1) is 13.2 Å². The number of halogens is 3. The summed E-state index contributed by atoms with van der Waals surface area (Å²) in [6.07, 6.45) is -4.86. The zero-order valence-electron chi connectivity index (χ0n) is 13.8. The molecule has 0 fully saturated rings. The summed E-state index contributed by atoms with van der Waals surface area (Å²) in [6, 6.07) is 10.3. The molecule has 0 unspecified atom stereocenters. The minimum absolute atomic E-state index is 0.00501. The first kappa shape index (κ1) is 18.3. The van der Waals surface area contributed by atoms with E-state index in [1.165, 1.54) is 19.2 Å². The Labute approximate surface area is 151 Å². The second-order valence-electron chi connectivity index (χ2n) is 5.44. The van der Waals surface area contributed by atoms with Crippen molar-refractivity contribution in [3.05, 3.63) is 59.9 Å². The zero-order chi connectivity index (χ0) is 19.8. The molecule has 2 aromatic rings. The van der Waals surface area contributed by atoms with Gasteiger partial charge in [0.05, 0.1) is 18.4 Å². The largest absolute Gasteiger partial charge is 0.573 e. The number of amides is 2. The van der Waals surface area contributed by atoms with Crippen molar-refractivity contribution in [3.8, 4) is 11.5 Å². The Morgan fingerprint density at radius 1 is 0.889 bits per heavy atom. The lowest BCUT2D eigenvalue weighted by atomic mass is 10.1. The van der Waals surface area contributed by atoms with Crippen molar-refractivity contribution in [1.82, 2.24) is 0 Å². The number of carbonyl (C=O) groups excluding carboxylic acids is 2. The topological polar surface area (TPSA) is 76.1 Å². The van der Waals surface area contributed by atoms with E-state index in [9.17, 15) is 27.9 Å². The lowest BCUT2D eigenvalue weighted by Crippen LogP contribution is -2.31. The van der Waals surface area contributed by atoms with Crippen LogP contribution in [0.1, 0.15) is 5.56 Å². The molecule has 3 rings (SSSR count). The maximum Gasteiger partial charge on any atom is 0.573 e. The molecule has 140 valence electrons. The number of nitrogens with zero attached hydrogens (tertiary/aromatic N) is 1. The summed E-state index contributed by atoms with van der Waals surface area (Å²) in [5.41, 5.74) is 0.0824. The van der Waals surface area contributed by atoms with E-state index < -0.39 is 29.7 Å². The maximum absolute atomic E-state index is 12.6. The molecular formula is C18H12F3NO5. The highest BCUT2D eigenvalue weighted by Gasteiger charge is 2.40. The van der Waals surface area contributed by atoms with E-state index in [0.717, 1.165) is 24.3 Å². The highest BCUT2D eigenvalue weighted by atomic mass is 19.4. The van der Waals surface area contributed by atoms with Crippen LogP contribution in [0.5, 0.6) is 11.5 Å². The van der Waals surface area contributed by atoms with Gasteiger partial charge in [-0.25, -0.2) is 4.90 Å². The Morgan fingerprint density at radius 3 is 1.96 bits per heavy atom. The van der Waals surface area contributed by atoms with Crippen LogP contribution in [-0.4, -0.2) is 30.4 Å². The third-order valence-corrected chi connectivity index (χ3v) is 3.77. The third-order valence-electron chi connectivity index (χ3n) is 3.77. The molecule has 0 atom stereocenters. The predicted octanol–water partition coefficient (Wildman–Crippen LogP) is 3.44. The molecule has 9 heteroatoms. The van der Waals surface area contributed by atoms with Gasteiger partial charge in [0.1, 0.15) is 11.5 Å². The Morgan fingerprint density at radius 2 is 1.44 bits per heavy atom. The van der Waals surface area contributed by atoms with Gasteiger partial charge in [0, 0.05) is 0 Å². The van der Waals surface area contributed by atoms with Crippen LogP contribution in [-0.2, 0) is 9.59 Å². The average Bonchev–Trinajstić information content (AvgIpc) is 2.84. The predicted molar refractivity (Wildman–Crippen MR) is 88.2 cm³/mol. The van der Waals surface area contributed by atoms with E-state index in [1.54, 1.807) is 12.1 Å². The van der Waals surface area contributed by atoms with Gasteiger partial charge < -0.3 is 14.6 Å². The summed E-state index contributed by atoms with van der Waals surface area (Å²) in [5.74, 6) is -2.51. The second kappa shape index (κ2) is 6.67. The summed E-state index contributed by atoms with van der Waals surface area (Å²) in [7, 11) is 1.46. The van der Waals surface area contributed by atoms with Crippen LogP contribution in [0.3, 0.4) is 0 Å². The van der Waals surface area contributed by atoms with Crippen molar-refractivity contribution < 1.29 is 37.3 Å². The van der Waals surface area contributed by atoms with Crippen LogP contribution in [0.4, 0.5) is 18.9 Å². The van der Waals surface area contributed by atoms with Crippen molar-refractivity contribution in [2.75, 3.05) is 12.0 Å². The third kappa shape index (κ3) is 3.57. The first-order chi connectivity index (χ1) is 12.7. The second-order valence-corrected chi connectivity index (χ2v) is 5.44. The number of anilines is 1. The molecule has 0 saturated carbocycles. The summed E-state index contributed by atoms with van der Waals surface area (Å²) >= 11 is 0. The molecule has 27 heavy (non-hydrogen) atoms. The Kier molecular flexibility index (Phi) is 4.52. The number of aliphatic hydroxyl groups is 1. The number of rotatable bonds is 4. The van der Waals surface area contributed by atoms with Gasteiger partial charge in [-0.3, -0.25) is 9.59 Å². The molecule has 0 radical (unpaired) electrons. The fourth-order valence-electron chi connectivity index (χ4n) is 2.57. The van der Waals surface area contributed by atoms with Gasteiger partial charge in [-0.1, -0.05) is 12.1 Å². The van der Waals surface area contributed by atoms with Crippen LogP contribution >= 0.6 is 0 Å². The fraction of sp³-hybridized carbons (Fsp3) is 0.111. The normalized spacial score (nSPS) is 14.7. The molecule has 1 N–H and O–H groups in total. The molecule has 0 aliphatic carbocycles. The van der Waals surface area contributed by atoms with Crippen LogP contribution in [0, 0.1) is 0 Å². The van der Waals surface area contributed by atoms with E-state index in [2.05, 4.69) is 4.74 Å². The number of hydrogen-bond acceptors (Lipinski definition) is 5. The number of hydrogen-bond donors (Lipinski definition) is 1. The minimum Gasteiger partial charge on any atom is -0.502 e. The van der Waals surface area contributed by atoms with Crippen LogP contribution in [0.2, 0.25) is 0 Å². The van der Waals surface area contributed by atoms with Crippen molar-refractivity contribution >= 4 is 23.1 Å². The summed E-state index contributed by atoms with van der Waals surface area (Å²) in [5, 5.41) is 10.1. The maximum atomic E-state index is 12.6. The van der Waals surface area contributed by atoms with Gasteiger partial charge in [0.2, 0.25) is 0 Å². The molecule has 6 nitrogen and oxygen atoms in total. The minimum atomic E-state index is -4.86. The Bertz CT molecular complexity index is 918. The molecule has 0 spiro atoms. The monoisotopic (exact) mass is 379 g/mol. The van der Waals surface area contributed by atoms with E-state index in [4.69, 9.17) is 4.74 Å². The van der Waals surface area contributed by atoms with Gasteiger partial charge in [0.25, 0.3) is 5.91 Å². The number of carbonyl (C=O) groups is 2. The van der Waals surface area contributed by atoms with Gasteiger partial charge in [-0.2, -0.15) is 0 Å². The molecular weight excluding hydrogens is 367 g/mol. The van der Waals surface area contributed by atoms with Crippen molar-refractivity contribution in [1.29, 1.82) is 0 Å². The van der Waals surface area contributed by atoms with Gasteiger partial charge >= 0.3 is 12.3 Å². The SMILES string of the molecule is COc1ccc(C2=C(O)C(=O)N(c3ccc(OC(F)(F)F)cc3)C2=O)cc1. The molecule has 2 amide bonds. The van der Waals surface area contributed by atoms with E-state index in [1.807, 2.05) is 0 Å². The number of alkyl halides is 3. The van der Waals surface area contributed by atoms with Gasteiger partial charge in [0.15, 0.2) is 5.76 Å². The molecule has 2 aromatic carbocycles. The van der Waals surface area contributed by atoms with Crippen molar-refractivity contribution in [2.45, 2.75) is 6.36 Å². The Balaban J connectivity index is 1.89. The fourth-order valence-corrected chi connectivity index (χ4v) is 2.57. The first-order valence-electron chi connectivity index (χ1n) is 7.53. The molecule has 0 saturated heterocycles. The van der Waals surface area contributed by atoms with Crippen molar-refractivity contribution in [2.24, 2.45) is 0 Å². The Hall–Kier alpha value is -3.49. The standard InChI is InChI=1S/C18H12F3NO5/c1-26-12-6-2-10(3-7-12)14-15(23)17(25)22(16(14)24)11-4-8-13(9-5-11)27-18(19,20)21/h2-9,23H,1H3. The zero-order valence-corrected chi connectivity index (χ0v) is 13.8.